The maximum Gasteiger partial charge on any atom is 0.329 e. The maximum absolute atomic E-state index is 13.1. The number of aliphatic imine (C=N–C) groups is 1. The van der Waals surface area contributed by atoms with Crippen molar-refractivity contribution < 1.29 is 14.7 Å². The predicted molar refractivity (Wildman–Crippen MR) is 135 cm³/mol. The Labute approximate surface area is 199 Å². The van der Waals surface area contributed by atoms with Crippen LogP contribution in [0.25, 0.3) is 0 Å². The Morgan fingerprint density at radius 1 is 0.618 bits per heavy atom. The monoisotopic (exact) mass is 447 g/mol. The number of ketones is 1. The Hall–Kier alpha value is -4.31. The smallest absolute Gasteiger partial charge is 0.329 e. The first-order valence-corrected chi connectivity index (χ1v) is 11.2. The van der Waals surface area contributed by atoms with Gasteiger partial charge < -0.3 is 5.11 Å². The molecular weight excluding hydrogens is 422 g/mol. The van der Waals surface area contributed by atoms with Crippen LogP contribution in [0.4, 0.5) is 0 Å². The van der Waals surface area contributed by atoms with Crippen molar-refractivity contribution in [2.24, 2.45) is 4.99 Å². The molecule has 4 nitrogen and oxygen atoms in total. The lowest BCUT2D eigenvalue weighted by atomic mass is 9.85. The summed E-state index contributed by atoms with van der Waals surface area (Å²) in [7, 11) is 0. The van der Waals surface area contributed by atoms with Gasteiger partial charge in [0, 0.05) is 29.0 Å². The normalized spacial score (nSPS) is 12.4. The van der Waals surface area contributed by atoms with E-state index in [4.69, 9.17) is 4.99 Å². The van der Waals surface area contributed by atoms with Gasteiger partial charge in [-0.25, -0.2) is 4.79 Å². The number of carbonyl (C=O) groups is 2. The highest BCUT2D eigenvalue weighted by Gasteiger charge is 2.32. The molecular formula is C30H25NO3. The topological polar surface area (TPSA) is 66.7 Å². The summed E-state index contributed by atoms with van der Waals surface area (Å²) in [5.41, 5.74) is 3.55. The first kappa shape index (κ1) is 22.9. The van der Waals surface area contributed by atoms with Gasteiger partial charge >= 0.3 is 5.97 Å². The lowest BCUT2D eigenvalue weighted by Gasteiger charge is -2.23. The summed E-state index contributed by atoms with van der Waals surface area (Å²) in [5.74, 6) is -1.82. The van der Waals surface area contributed by atoms with Crippen LogP contribution in [0.1, 0.15) is 39.4 Å². The highest BCUT2D eigenvalue weighted by atomic mass is 16.4. The minimum absolute atomic E-state index is 0.0331. The number of Topliss-reactive ketones (excluding diaryl/α,β-unsaturated/α-hetero) is 1. The van der Waals surface area contributed by atoms with Gasteiger partial charge in [-0.3, -0.25) is 9.79 Å². The van der Waals surface area contributed by atoms with Gasteiger partial charge in [-0.2, -0.15) is 0 Å². The Bertz CT molecular complexity index is 1210. The van der Waals surface area contributed by atoms with Crippen LogP contribution in [0.15, 0.2) is 126 Å². The second kappa shape index (κ2) is 11.0. The number of hydrogen-bond acceptors (Lipinski definition) is 3. The molecule has 34 heavy (non-hydrogen) atoms. The van der Waals surface area contributed by atoms with Crippen LogP contribution in [0.5, 0.6) is 0 Å². The Morgan fingerprint density at radius 3 is 1.47 bits per heavy atom. The van der Waals surface area contributed by atoms with E-state index < -0.39 is 17.9 Å². The molecule has 0 saturated carbocycles. The van der Waals surface area contributed by atoms with Crippen LogP contribution in [-0.2, 0) is 4.79 Å². The van der Waals surface area contributed by atoms with Gasteiger partial charge in [-0.1, -0.05) is 121 Å². The summed E-state index contributed by atoms with van der Waals surface area (Å²) in [6, 6.07) is 36.2. The van der Waals surface area contributed by atoms with Crippen molar-refractivity contribution in [1.82, 2.24) is 0 Å². The van der Waals surface area contributed by atoms with Crippen molar-refractivity contribution in [3.05, 3.63) is 144 Å². The molecule has 0 aromatic heterocycles. The van der Waals surface area contributed by atoms with Crippen LogP contribution in [0.3, 0.4) is 0 Å². The lowest BCUT2D eigenvalue weighted by molar-refractivity contribution is -0.138. The van der Waals surface area contributed by atoms with E-state index in [1.165, 1.54) is 0 Å². The fourth-order valence-electron chi connectivity index (χ4n) is 4.02. The Balaban J connectivity index is 1.81. The van der Waals surface area contributed by atoms with Crippen LogP contribution >= 0.6 is 0 Å². The fourth-order valence-corrected chi connectivity index (χ4v) is 4.02. The van der Waals surface area contributed by atoms with Crippen molar-refractivity contribution in [2.45, 2.75) is 18.4 Å². The summed E-state index contributed by atoms with van der Waals surface area (Å²) >= 11 is 0. The van der Waals surface area contributed by atoms with E-state index in [1.807, 2.05) is 97.1 Å². The van der Waals surface area contributed by atoms with Gasteiger partial charge in [0.05, 0.1) is 5.71 Å². The summed E-state index contributed by atoms with van der Waals surface area (Å²) in [5, 5.41) is 10.3. The Morgan fingerprint density at radius 2 is 1.03 bits per heavy atom. The Kier molecular flexibility index (Phi) is 7.41. The van der Waals surface area contributed by atoms with Crippen LogP contribution in [0, 0.1) is 0 Å². The van der Waals surface area contributed by atoms with Crippen LogP contribution < -0.4 is 0 Å². The molecule has 0 radical (unpaired) electrons. The molecule has 0 aliphatic heterocycles. The molecule has 4 aromatic carbocycles. The zero-order valence-corrected chi connectivity index (χ0v) is 18.6. The van der Waals surface area contributed by atoms with E-state index in [2.05, 4.69) is 0 Å². The van der Waals surface area contributed by atoms with Gasteiger partial charge in [0.25, 0.3) is 0 Å². The highest BCUT2D eigenvalue weighted by Crippen LogP contribution is 2.29. The molecule has 4 rings (SSSR count). The SMILES string of the molecule is O=C(CC(c1ccccc1)C(N=C(c1ccccc1)c1ccccc1)C(=O)O)c1ccccc1. The number of rotatable bonds is 9. The second-order valence-corrected chi connectivity index (χ2v) is 8.00. The molecule has 4 aromatic rings. The number of aliphatic carboxylic acids is 1. The standard InChI is InChI=1S/C30H25NO3/c32-27(23-15-7-2-8-16-23)21-26(22-13-5-1-6-14-22)29(30(33)34)31-28(24-17-9-3-10-18-24)25-19-11-4-12-20-25/h1-20,26,29H,21H2,(H,33,34). The quantitative estimate of drug-likeness (QED) is 0.251. The summed E-state index contributed by atoms with van der Waals surface area (Å²) in [6.45, 7) is 0. The molecule has 0 fully saturated rings. The number of benzene rings is 4. The molecule has 0 aliphatic rings. The third kappa shape index (κ3) is 5.54. The molecule has 4 heteroatoms. The van der Waals surface area contributed by atoms with Crippen molar-refractivity contribution >= 4 is 17.5 Å². The first-order chi connectivity index (χ1) is 16.6. The van der Waals surface area contributed by atoms with Crippen molar-refractivity contribution in [3.8, 4) is 0 Å². The zero-order chi connectivity index (χ0) is 23.8. The molecule has 2 unspecified atom stereocenters. The zero-order valence-electron chi connectivity index (χ0n) is 18.6. The van der Waals surface area contributed by atoms with Crippen LogP contribution in [0.2, 0.25) is 0 Å². The largest absolute Gasteiger partial charge is 0.480 e. The third-order valence-electron chi connectivity index (χ3n) is 5.73. The number of carboxylic acids is 1. The van der Waals surface area contributed by atoms with Gasteiger partial charge in [0.15, 0.2) is 11.8 Å². The summed E-state index contributed by atoms with van der Waals surface area (Å²) in [4.78, 5) is 30.6. The third-order valence-corrected chi connectivity index (χ3v) is 5.73. The molecule has 2 atom stereocenters. The number of hydrogen-bond donors (Lipinski definition) is 1. The van der Waals surface area contributed by atoms with Crippen molar-refractivity contribution in [1.29, 1.82) is 0 Å². The number of carbonyl (C=O) groups excluding carboxylic acids is 1. The first-order valence-electron chi connectivity index (χ1n) is 11.2. The highest BCUT2D eigenvalue weighted by molar-refractivity contribution is 6.13. The molecule has 168 valence electrons. The summed E-state index contributed by atoms with van der Waals surface area (Å²) < 4.78 is 0. The van der Waals surface area contributed by atoms with Crippen LogP contribution in [-0.4, -0.2) is 28.6 Å². The van der Waals surface area contributed by atoms with E-state index in [9.17, 15) is 14.7 Å². The molecule has 0 saturated heterocycles. The summed E-state index contributed by atoms with van der Waals surface area (Å²) in [6.07, 6.45) is 0.0331. The van der Waals surface area contributed by atoms with E-state index in [0.29, 0.717) is 11.3 Å². The fraction of sp³-hybridized carbons (Fsp3) is 0.100. The molecule has 0 bridgehead atoms. The average Bonchev–Trinajstić information content (AvgIpc) is 2.90. The van der Waals surface area contributed by atoms with E-state index in [0.717, 1.165) is 16.7 Å². The van der Waals surface area contributed by atoms with E-state index in [1.54, 1.807) is 24.3 Å². The molecule has 1 N–H and O–H groups in total. The molecule has 0 heterocycles. The van der Waals surface area contributed by atoms with Gasteiger partial charge in [-0.15, -0.1) is 0 Å². The average molecular weight is 448 g/mol. The van der Waals surface area contributed by atoms with E-state index in [-0.39, 0.29) is 12.2 Å². The molecule has 0 aliphatic carbocycles. The predicted octanol–water partition coefficient (Wildman–Crippen LogP) is 6.03. The minimum atomic E-state index is -1.15. The second-order valence-electron chi connectivity index (χ2n) is 8.00. The van der Waals surface area contributed by atoms with Crippen molar-refractivity contribution in [2.75, 3.05) is 0 Å². The number of carboxylic acid groups (broad SMARTS) is 1. The maximum atomic E-state index is 13.1. The molecule has 0 amide bonds. The minimum Gasteiger partial charge on any atom is -0.480 e. The van der Waals surface area contributed by atoms with Crippen molar-refractivity contribution in [3.63, 3.8) is 0 Å². The van der Waals surface area contributed by atoms with E-state index >= 15 is 0 Å². The van der Waals surface area contributed by atoms with Gasteiger partial charge in [-0.05, 0) is 5.56 Å². The molecule has 0 spiro atoms. The van der Waals surface area contributed by atoms with Gasteiger partial charge in [0.1, 0.15) is 0 Å². The number of nitrogens with zero attached hydrogens (tertiary/aromatic N) is 1. The lowest BCUT2D eigenvalue weighted by Crippen LogP contribution is -2.30. The van der Waals surface area contributed by atoms with Gasteiger partial charge in [0.2, 0.25) is 0 Å².